The van der Waals surface area contributed by atoms with Crippen LogP contribution in [0.2, 0.25) is 0 Å². The van der Waals surface area contributed by atoms with Crippen molar-refractivity contribution in [3.8, 4) is 5.75 Å². The molecule has 0 spiro atoms. The van der Waals surface area contributed by atoms with Crippen LogP contribution < -0.4 is 10.1 Å². The van der Waals surface area contributed by atoms with Crippen molar-refractivity contribution in [3.63, 3.8) is 0 Å². The minimum Gasteiger partial charge on any atom is -0.492 e. The molecule has 0 heterocycles. The van der Waals surface area contributed by atoms with E-state index in [-0.39, 0.29) is 18.4 Å². The normalized spacial score (nSPS) is 11.9. The lowest BCUT2D eigenvalue weighted by molar-refractivity contribution is 0.220. The summed E-state index contributed by atoms with van der Waals surface area (Å²) >= 11 is 0. The standard InChI is InChI=1S/C31H36N2O.ClH/c1-3-33(4-2)21-22-34-30-20-19-27-17-11-12-18-28(27)31(30)29(23-25-13-7-5-8-14-25)32-24-26-15-9-6-10-16-26;/h5-20,29,32H,3-4,21-24H2,1-2H3;1H. The number of hydrogen-bond acceptors (Lipinski definition) is 3. The smallest absolute Gasteiger partial charge is 0.124 e. The first-order valence-electron chi connectivity index (χ1n) is 12.5. The quantitative estimate of drug-likeness (QED) is 0.231. The molecule has 0 saturated heterocycles. The molecule has 184 valence electrons. The van der Waals surface area contributed by atoms with Crippen LogP contribution in [-0.2, 0) is 13.0 Å². The van der Waals surface area contributed by atoms with Gasteiger partial charge in [0.1, 0.15) is 12.4 Å². The van der Waals surface area contributed by atoms with E-state index in [4.69, 9.17) is 4.74 Å². The van der Waals surface area contributed by atoms with Crippen LogP contribution in [0.1, 0.15) is 36.6 Å². The van der Waals surface area contributed by atoms with Gasteiger partial charge in [-0.1, -0.05) is 105 Å². The van der Waals surface area contributed by atoms with Gasteiger partial charge in [0.15, 0.2) is 0 Å². The Kier molecular flexibility index (Phi) is 10.6. The lowest BCUT2D eigenvalue weighted by atomic mass is 9.92. The van der Waals surface area contributed by atoms with Gasteiger partial charge < -0.3 is 15.0 Å². The third-order valence-corrected chi connectivity index (χ3v) is 6.52. The molecule has 4 heteroatoms. The highest BCUT2D eigenvalue weighted by Crippen LogP contribution is 2.35. The molecular formula is C31H37ClN2O. The molecule has 4 aromatic rings. The van der Waals surface area contributed by atoms with E-state index in [1.54, 1.807) is 0 Å². The molecule has 4 aromatic carbocycles. The molecule has 0 aromatic heterocycles. The van der Waals surface area contributed by atoms with E-state index in [1.807, 2.05) is 0 Å². The van der Waals surface area contributed by atoms with Crippen molar-refractivity contribution in [2.24, 2.45) is 0 Å². The number of fused-ring (bicyclic) bond motifs is 1. The third kappa shape index (κ3) is 7.32. The highest BCUT2D eigenvalue weighted by Gasteiger charge is 2.20. The third-order valence-electron chi connectivity index (χ3n) is 6.52. The molecule has 1 atom stereocenters. The average Bonchev–Trinajstić information content (AvgIpc) is 2.90. The molecular weight excluding hydrogens is 452 g/mol. The Morgan fingerprint density at radius 2 is 1.37 bits per heavy atom. The molecule has 3 nitrogen and oxygen atoms in total. The lowest BCUT2D eigenvalue weighted by Gasteiger charge is -2.25. The minimum absolute atomic E-state index is 0. The predicted molar refractivity (Wildman–Crippen MR) is 151 cm³/mol. The number of likely N-dealkylation sites (N-methyl/N-ethyl adjacent to an activating group) is 1. The predicted octanol–water partition coefficient (Wildman–Crippen LogP) is 7.06. The van der Waals surface area contributed by atoms with Gasteiger partial charge in [-0.15, -0.1) is 12.4 Å². The minimum atomic E-state index is 0. The van der Waals surface area contributed by atoms with Crippen molar-refractivity contribution in [2.75, 3.05) is 26.2 Å². The maximum Gasteiger partial charge on any atom is 0.124 e. The van der Waals surface area contributed by atoms with Crippen LogP contribution in [0.3, 0.4) is 0 Å². The Labute approximate surface area is 216 Å². The van der Waals surface area contributed by atoms with Crippen molar-refractivity contribution in [1.29, 1.82) is 0 Å². The fourth-order valence-electron chi connectivity index (χ4n) is 4.55. The summed E-state index contributed by atoms with van der Waals surface area (Å²) in [4.78, 5) is 2.40. The number of halogens is 1. The van der Waals surface area contributed by atoms with Gasteiger partial charge in [-0.3, -0.25) is 0 Å². The summed E-state index contributed by atoms with van der Waals surface area (Å²) in [6.45, 7) is 8.91. The highest BCUT2D eigenvalue weighted by molar-refractivity contribution is 5.88. The van der Waals surface area contributed by atoms with Crippen molar-refractivity contribution in [1.82, 2.24) is 10.2 Å². The first-order chi connectivity index (χ1) is 16.8. The van der Waals surface area contributed by atoms with E-state index < -0.39 is 0 Å². The van der Waals surface area contributed by atoms with Gasteiger partial charge in [-0.2, -0.15) is 0 Å². The number of ether oxygens (including phenoxy) is 1. The SMILES string of the molecule is CCN(CC)CCOc1ccc2ccccc2c1C(Cc1ccccc1)NCc1ccccc1.Cl. The molecule has 0 aliphatic carbocycles. The maximum atomic E-state index is 6.47. The monoisotopic (exact) mass is 488 g/mol. The molecule has 4 rings (SSSR count). The Bertz CT molecular complexity index is 1150. The molecule has 0 saturated carbocycles. The number of hydrogen-bond donors (Lipinski definition) is 1. The second kappa shape index (κ2) is 13.9. The van der Waals surface area contributed by atoms with E-state index in [9.17, 15) is 0 Å². The summed E-state index contributed by atoms with van der Waals surface area (Å²) < 4.78 is 6.47. The van der Waals surface area contributed by atoms with Crippen molar-refractivity contribution >= 4 is 23.2 Å². The van der Waals surface area contributed by atoms with Gasteiger partial charge in [-0.05, 0) is 47.5 Å². The molecule has 0 bridgehead atoms. The molecule has 0 fully saturated rings. The van der Waals surface area contributed by atoms with Crippen molar-refractivity contribution in [3.05, 3.63) is 114 Å². The fraction of sp³-hybridized carbons (Fsp3) is 0.290. The summed E-state index contributed by atoms with van der Waals surface area (Å²) in [5, 5.41) is 6.36. The first kappa shape index (κ1) is 26.7. The second-order valence-corrected chi connectivity index (χ2v) is 8.68. The van der Waals surface area contributed by atoms with Crippen LogP contribution in [0.4, 0.5) is 0 Å². The van der Waals surface area contributed by atoms with E-state index in [0.717, 1.165) is 38.3 Å². The number of benzene rings is 4. The van der Waals surface area contributed by atoms with E-state index in [0.29, 0.717) is 6.61 Å². The average molecular weight is 489 g/mol. The topological polar surface area (TPSA) is 24.5 Å². The molecule has 0 amide bonds. The zero-order valence-electron chi connectivity index (χ0n) is 20.8. The van der Waals surface area contributed by atoms with Crippen LogP contribution in [0.25, 0.3) is 10.8 Å². The molecule has 1 N–H and O–H groups in total. The van der Waals surface area contributed by atoms with E-state index in [2.05, 4.69) is 121 Å². The van der Waals surface area contributed by atoms with Crippen LogP contribution in [0.5, 0.6) is 5.75 Å². The van der Waals surface area contributed by atoms with Gasteiger partial charge in [0, 0.05) is 24.7 Å². The molecule has 1 unspecified atom stereocenters. The zero-order valence-corrected chi connectivity index (χ0v) is 21.6. The first-order valence-corrected chi connectivity index (χ1v) is 12.5. The Morgan fingerprint density at radius 1 is 0.743 bits per heavy atom. The number of rotatable bonds is 12. The Hall–Kier alpha value is -2.85. The molecule has 0 aliphatic heterocycles. The van der Waals surface area contributed by atoms with Gasteiger partial charge in [0.2, 0.25) is 0 Å². The largest absolute Gasteiger partial charge is 0.492 e. The van der Waals surface area contributed by atoms with Gasteiger partial charge in [0.25, 0.3) is 0 Å². The number of nitrogens with zero attached hydrogens (tertiary/aromatic N) is 1. The highest BCUT2D eigenvalue weighted by atomic mass is 35.5. The Morgan fingerprint density at radius 3 is 2.06 bits per heavy atom. The van der Waals surface area contributed by atoms with E-state index >= 15 is 0 Å². The summed E-state index contributed by atoms with van der Waals surface area (Å²) in [6.07, 6.45) is 0.897. The van der Waals surface area contributed by atoms with E-state index in [1.165, 1.54) is 27.5 Å². The van der Waals surface area contributed by atoms with Gasteiger partial charge >= 0.3 is 0 Å². The van der Waals surface area contributed by atoms with Crippen molar-refractivity contribution in [2.45, 2.75) is 32.9 Å². The Balaban J connectivity index is 0.00000342. The maximum absolute atomic E-state index is 6.47. The van der Waals surface area contributed by atoms with Crippen LogP contribution in [0.15, 0.2) is 97.1 Å². The van der Waals surface area contributed by atoms with Crippen molar-refractivity contribution < 1.29 is 4.74 Å². The molecule has 0 radical (unpaired) electrons. The van der Waals surface area contributed by atoms with Crippen LogP contribution in [-0.4, -0.2) is 31.1 Å². The van der Waals surface area contributed by atoms with Gasteiger partial charge in [-0.25, -0.2) is 0 Å². The molecule has 0 aliphatic rings. The summed E-state index contributed by atoms with van der Waals surface area (Å²) in [5.41, 5.74) is 3.84. The summed E-state index contributed by atoms with van der Waals surface area (Å²) in [7, 11) is 0. The van der Waals surface area contributed by atoms with Gasteiger partial charge in [0.05, 0.1) is 0 Å². The van der Waals surface area contributed by atoms with Crippen LogP contribution >= 0.6 is 12.4 Å². The fourth-order valence-corrected chi connectivity index (χ4v) is 4.55. The molecule has 35 heavy (non-hydrogen) atoms. The zero-order chi connectivity index (χ0) is 23.6. The summed E-state index contributed by atoms with van der Waals surface area (Å²) in [6, 6.07) is 34.5. The van der Waals surface area contributed by atoms with Crippen LogP contribution in [0, 0.1) is 0 Å². The second-order valence-electron chi connectivity index (χ2n) is 8.68. The summed E-state index contributed by atoms with van der Waals surface area (Å²) in [5.74, 6) is 0.979. The number of nitrogens with one attached hydrogen (secondary N) is 1. The lowest BCUT2D eigenvalue weighted by Crippen LogP contribution is -2.28.